The predicted octanol–water partition coefficient (Wildman–Crippen LogP) is 5.03. The summed E-state index contributed by atoms with van der Waals surface area (Å²) in [5.74, 6) is 0. The van der Waals surface area contributed by atoms with Crippen molar-refractivity contribution in [1.82, 2.24) is 4.98 Å². The summed E-state index contributed by atoms with van der Waals surface area (Å²) in [6.45, 7) is 4.16. The standard InChI is InChI=1S/C19H17N/c1-14-6-9-16(10-7-14)17-4-3-5-18(12-17)19-11-8-15(2)13-20-19/h3-13H,1-2H3. The summed E-state index contributed by atoms with van der Waals surface area (Å²) in [6, 6.07) is 21.3. The highest BCUT2D eigenvalue weighted by Crippen LogP contribution is 2.25. The number of aromatic nitrogens is 1. The molecule has 98 valence electrons. The van der Waals surface area contributed by atoms with Gasteiger partial charge in [0.05, 0.1) is 5.69 Å². The highest BCUT2D eigenvalue weighted by molar-refractivity contribution is 5.71. The van der Waals surface area contributed by atoms with Gasteiger partial charge in [-0.15, -0.1) is 0 Å². The molecule has 0 aliphatic rings. The molecule has 1 aromatic heterocycles. The summed E-state index contributed by atoms with van der Waals surface area (Å²) in [5, 5.41) is 0. The topological polar surface area (TPSA) is 12.9 Å². The normalized spacial score (nSPS) is 10.5. The summed E-state index contributed by atoms with van der Waals surface area (Å²) >= 11 is 0. The molecule has 0 amide bonds. The average Bonchev–Trinajstić information content (AvgIpc) is 2.49. The second-order valence-electron chi connectivity index (χ2n) is 5.17. The minimum absolute atomic E-state index is 1.02. The molecule has 0 aliphatic carbocycles. The molecule has 0 bridgehead atoms. The maximum atomic E-state index is 4.50. The maximum absolute atomic E-state index is 4.50. The Labute approximate surface area is 119 Å². The fourth-order valence-corrected chi connectivity index (χ4v) is 2.24. The van der Waals surface area contributed by atoms with Crippen LogP contribution in [0.15, 0.2) is 66.9 Å². The molecular formula is C19H17N. The van der Waals surface area contributed by atoms with Crippen molar-refractivity contribution in [3.63, 3.8) is 0 Å². The number of hydrogen-bond acceptors (Lipinski definition) is 1. The van der Waals surface area contributed by atoms with Gasteiger partial charge in [0.1, 0.15) is 0 Å². The fraction of sp³-hybridized carbons (Fsp3) is 0.105. The molecule has 0 saturated heterocycles. The van der Waals surface area contributed by atoms with Crippen molar-refractivity contribution in [2.75, 3.05) is 0 Å². The minimum Gasteiger partial charge on any atom is -0.256 e. The van der Waals surface area contributed by atoms with Gasteiger partial charge in [0.2, 0.25) is 0 Å². The first-order valence-corrected chi connectivity index (χ1v) is 6.82. The van der Waals surface area contributed by atoms with E-state index in [1.54, 1.807) is 0 Å². The van der Waals surface area contributed by atoms with E-state index in [9.17, 15) is 0 Å². The lowest BCUT2D eigenvalue weighted by Gasteiger charge is -2.06. The largest absolute Gasteiger partial charge is 0.256 e. The molecule has 0 saturated carbocycles. The minimum atomic E-state index is 1.02. The van der Waals surface area contributed by atoms with E-state index in [-0.39, 0.29) is 0 Å². The van der Waals surface area contributed by atoms with Crippen LogP contribution in [0.4, 0.5) is 0 Å². The van der Waals surface area contributed by atoms with Crippen molar-refractivity contribution in [2.45, 2.75) is 13.8 Å². The third-order valence-electron chi connectivity index (χ3n) is 3.45. The van der Waals surface area contributed by atoms with E-state index >= 15 is 0 Å². The van der Waals surface area contributed by atoms with Crippen LogP contribution >= 0.6 is 0 Å². The molecule has 3 aromatic rings. The highest BCUT2D eigenvalue weighted by Gasteiger charge is 2.02. The lowest BCUT2D eigenvalue weighted by atomic mass is 10.0. The van der Waals surface area contributed by atoms with Gasteiger partial charge in [-0.25, -0.2) is 0 Å². The van der Waals surface area contributed by atoms with Crippen molar-refractivity contribution in [2.24, 2.45) is 0 Å². The summed E-state index contributed by atoms with van der Waals surface area (Å²) in [5.41, 5.74) is 7.11. The van der Waals surface area contributed by atoms with Gasteiger partial charge in [-0.05, 0) is 42.7 Å². The van der Waals surface area contributed by atoms with E-state index in [4.69, 9.17) is 0 Å². The fourth-order valence-electron chi connectivity index (χ4n) is 2.24. The lowest BCUT2D eigenvalue weighted by molar-refractivity contribution is 1.27. The van der Waals surface area contributed by atoms with Crippen LogP contribution in [0.25, 0.3) is 22.4 Å². The molecule has 1 heterocycles. The van der Waals surface area contributed by atoms with Crippen LogP contribution in [0.1, 0.15) is 11.1 Å². The SMILES string of the molecule is Cc1ccc(-c2cccc(-c3ccc(C)cn3)c2)cc1. The smallest absolute Gasteiger partial charge is 0.0702 e. The number of rotatable bonds is 2. The Morgan fingerprint density at radius 1 is 0.650 bits per heavy atom. The van der Waals surface area contributed by atoms with Crippen molar-refractivity contribution >= 4 is 0 Å². The molecule has 0 N–H and O–H groups in total. The number of aryl methyl sites for hydroxylation is 2. The number of hydrogen-bond donors (Lipinski definition) is 0. The van der Waals surface area contributed by atoms with Gasteiger partial charge in [-0.2, -0.15) is 0 Å². The quantitative estimate of drug-likeness (QED) is 0.628. The summed E-state index contributed by atoms with van der Waals surface area (Å²) < 4.78 is 0. The van der Waals surface area contributed by atoms with Gasteiger partial charge in [-0.3, -0.25) is 4.98 Å². The average molecular weight is 259 g/mol. The molecule has 2 aromatic carbocycles. The van der Waals surface area contributed by atoms with Crippen LogP contribution in [0.2, 0.25) is 0 Å². The van der Waals surface area contributed by atoms with Crippen LogP contribution in [0, 0.1) is 13.8 Å². The Balaban J connectivity index is 2.01. The van der Waals surface area contributed by atoms with Gasteiger partial charge in [0, 0.05) is 11.8 Å². The third-order valence-corrected chi connectivity index (χ3v) is 3.45. The summed E-state index contributed by atoms with van der Waals surface area (Å²) in [6.07, 6.45) is 1.91. The van der Waals surface area contributed by atoms with E-state index in [2.05, 4.69) is 79.5 Å². The Morgan fingerprint density at radius 2 is 1.35 bits per heavy atom. The van der Waals surface area contributed by atoms with Crippen molar-refractivity contribution in [3.05, 3.63) is 78.0 Å². The lowest BCUT2D eigenvalue weighted by Crippen LogP contribution is -1.85. The second kappa shape index (κ2) is 5.30. The van der Waals surface area contributed by atoms with Gasteiger partial charge < -0.3 is 0 Å². The van der Waals surface area contributed by atoms with Crippen LogP contribution < -0.4 is 0 Å². The van der Waals surface area contributed by atoms with Crippen LogP contribution in [0.5, 0.6) is 0 Å². The Hall–Kier alpha value is -2.41. The van der Waals surface area contributed by atoms with Gasteiger partial charge >= 0.3 is 0 Å². The Kier molecular flexibility index (Phi) is 3.34. The molecule has 0 spiro atoms. The third kappa shape index (κ3) is 2.62. The summed E-state index contributed by atoms with van der Waals surface area (Å²) in [7, 11) is 0. The zero-order valence-electron chi connectivity index (χ0n) is 11.8. The number of benzene rings is 2. The highest BCUT2D eigenvalue weighted by atomic mass is 14.7. The number of nitrogens with zero attached hydrogens (tertiary/aromatic N) is 1. The van der Waals surface area contributed by atoms with Crippen LogP contribution in [-0.2, 0) is 0 Å². The van der Waals surface area contributed by atoms with E-state index < -0.39 is 0 Å². The first kappa shape index (κ1) is 12.6. The molecule has 0 aliphatic heterocycles. The van der Waals surface area contributed by atoms with Crippen molar-refractivity contribution in [1.29, 1.82) is 0 Å². The monoisotopic (exact) mass is 259 g/mol. The van der Waals surface area contributed by atoms with E-state index in [0.29, 0.717) is 0 Å². The zero-order valence-corrected chi connectivity index (χ0v) is 11.8. The van der Waals surface area contributed by atoms with E-state index in [0.717, 1.165) is 11.3 Å². The molecule has 0 unspecified atom stereocenters. The van der Waals surface area contributed by atoms with Gasteiger partial charge in [0.25, 0.3) is 0 Å². The van der Waals surface area contributed by atoms with Crippen LogP contribution in [0.3, 0.4) is 0 Å². The van der Waals surface area contributed by atoms with Crippen molar-refractivity contribution in [3.8, 4) is 22.4 Å². The van der Waals surface area contributed by atoms with Crippen molar-refractivity contribution < 1.29 is 0 Å². The van der Waals surface area contributed by atoms with Gasteiger partial charge in [0.15, 0.2) is 0 Å². The first-order valence-electron chi connectivity index (χ1n) is 6.82. The van der Waals surface area contributed by atoms with E-state index in [1.807, 2.05) is 6.20 Å². The second-order valence-corrected chi connectivity index (χ2v) is 5.17. The molecule has 0 radical (unpaired) electrons. The molecular weight excluding hydrogens is 242 g/mol. The van der Waals surface area contributed by atoms with E-state index in [1.165, 1.54) is 22.3 Å². The predicted molar refractivity (Wildman–Crippen MR) is 84.6 cm³/mol. The molecule has 1 heteroatoms. The summed E-state index contributed by atoms with van der Waals surface area (Å²) in [4.78, 5) is 4.50. The first-order chi connectivity index (χ1) is 9.72. The molecule has 0 fully saturated rings. The molecule has 3 rings (SSSR count). The van der Waals surface area contributed by atoms with Crippen LogP contribution in [-0.4, -0.2) is 4.98 Å². The maximum Gasteiger partial charge on any atom is 0.0702 e. The van der Waals surface area contributed by atoms with Gasteiger partial charge in [-0.1, -0.05) is 54.1 Å². The number of pyridine rings is 1. The molecule has 20 heavy (non-hydrogen) atoms. The molecule has 1 nitrogen and oxygen atoms in total. The Morgan fingerprint density at radius 3 is 2.05 bits per heavy atom. The Bertz CT molecular complexity index is 649. The molecule has 0 atom stereocenters. The zero-order chi connectivity index (χ0) is 13.9.